The van der Waals surface area contributed by atoms with E-state index >= 15 is 4.39 Å². The quantitative estimate of drug-likeness (QED) is 0.722. The molecule has 0 aliphatic carbocycles. The minimum atomic E-state index is -1.05. The summed E-state index contributed by atoms with van der Waals surface area (Å²) in [6, 6.07) is 4.34. The van der Waals surface area contributed by atoms with Gasteiger partial charge in [0.05, 0.1) is 24.0 Å². The largest absolute Gasteiger partial charge is 0.445 e. The molecule has 0 saturated carbocycles. The Bertz CT molecular complexity index is 1010. The molecule has 1 amide bonds. The van der Waals surface area contributed by atoms with Gasteiger partial charge in [-0.05, 0) is 25.1 Å². The van der Waals surface area contributed by atoms with E-state index in [9.17, 15) is 9.18 Å². The van der Waals surface area contributed by atoms with Gasteiger partial charge >= 0.3 is 0 Å². The second-order valence-corrected chi connectivity index (χ2v) is 8.30. The first kappa shape index (κ1) is 21.4. The number of carbonyl (C=O) groups excluding carboxylic acids is 1. The van der Waals surface area contributed by atoms with E-state index in [1.54, 1.807) is 6.07 Å². The number of amidine groups is 1. The molecule has 11 heteroatoms. The van der Waals surface area contributed by atoms with Gasteiger partial charge < -0.3 is 20.5 Å². The van der Waals surface area contributed by atoms with Crippen LogP contribution >= 0.6 is 11.8 Å². The van der Waals surface area contributed by atoms with Crippen LogP contribution in [0.4, 0.5) is 14.5 Å². The number of anilines is 1. The Labute approximate surface area is 181 Å². The van der Waals surface area contributed by atoms with Crippen LogP contribution in [-0.2, 0) is 10.3 Å². The maximum Gasteiger partial charge on any atom is 0.275 e. The molecule has 3 heterocycles. The fourth-order valence-corrected chi connectivity index (χ4v) is 5.12. The van der Waals surface area contributed by atoms with E-state index in [2.05, 4.69) is 25.0 Å². The highest BCUT2D eigenvalue weighted by Crippen LogP contribution is 2.48. The van der Waals surface area contributed by atoms with Crippen molar-refractivity contribution in [3.63, 3.8) is 0 Å². The molecule has 3 atom stereocenters. The molecule has 164 valence electrons. The number of halogens is 2. The number of nitrogens with zero attached hydrogens (tertiary/aromatic N) is 3. The molecular formula is C20H21F2N5O3S. The molecule has 1 aromatic heterocycles. The van der Waals surface area contributed by atoms with Crippen LogP contribution in [0.3, 0.4) is 0 Å². The van der Waals surface area contributed by atoms with Crippen molar-refractivity contribution in [2.45, 2.75) is 25.0 Å². The summed E-state index contributed by atoms with van der Waals surface area (Å²) < 4.78 is 37.6. The lowest BCUT2D eigenvalue weighted by atomic mass is 9.72. The summed E-state index contributed by atoms with van der Waals surface area (Å²) in [4.78, 5) is 25.0. The number of nitrogens with two attached hydrogens (primary N) is 1. The van der Waals surface area contributed by atoms with E-state index < -0.39 is 24.1 Å². The molecule has 0 bridgehead atoms. The summed E-state index contributed by atoms with van der Waals surface area (Å²) in [6.07, 6.45) is 2.69. The van der Waals surface area contributed by atoms with Crippen LogP contribution in [0.2, 0.25) is 0 Å². The molecule has 2 aliphatic heterocycles. The smallest absolute Gasteiger partial charge is 0.275 e. The van der Waals surface area contributed by atoms with E-state index in [4.69, 9.17) is 10.5 Å². The van der Waals surface area contributed by atoms with Gasteiger partial charge in [0.15, 0.2) is 5.17 Å². The average molecular weight is 449 g/mol. The molecule has 1 aromatic carbocycles. The topological polar surface area (TPSA) is 112 Å². The Kier molecular flexibility index (Phi) is 6.05. The third-order valence-corrected chi connectivity index (χ3v) is 6.43. The van der Waals surface area contributed by atoms with Crippen LogP contribution in [0, 0.1) is 11.7 Å². The van der Waals surface area contributed by atoms with Crippen molar-refractivity contribution >= 4 is 28.5 Å². The number of hydrogen-bond acceptors (Lipinski definition) is 8. The molecule has 2 aromatic rings. The number of carbonyl (C=O) groups is 1. The van der Waals surface area contributed by atoms with Gasteiger partial charge in [-0.2, -0.15) is 0 Å². The fraction of sp³-hybridized carbons (Fsp3) is 0.400. The number of rotatable bonds is 5. The number of aliphatic imine (C=N–C) groups is 1. The maximum atomic E-state index is 15.0. The molecule has 4 rings (SSSR count). The van der Waals surface area contributed by atoms with E-state index in [1.165, 1.54) is 30.1 Å². The Hall–Kier alpha value is -2.79. The highest BCUT2D eigenvalue weighted by molar-refractivity contribution is 8.13. The van der Waals surface area contributed by atoms with Gasteiger partial charge in [0.1, 0.15) is 11.5 Å². The first-order valence-electron chi connectivity index (χ1n) is 9.65. The van der Waals surface area contributed by atoms with Crippen LogP contribution in [0.15, 0.2) is 35.6 Å². The Morgan fingerprint density at radius 1 is 1.42 bits per heavy atom. The molecular weight excluding hydrogens is 428 g/mol. The van der Waals surface area contributed by atoms with E-state index in [0.29, 0.717) is 35.2 Å². The number of amides is 1. The minimum absolute atomic E-state index is 0.00384. The number of ether oxygens (including phenoxy) is 2. The zero-order valence-electron chi connectivity index (χ0n) is 16.7. The summed E-state index contributed by atoms with van der Waals surface area (Å²) in [7, 11) is 0. The predicted octanol–water partition coefficient (Wildman–Crippen LogP) is 2.86. The molecule has 8 nitrogen and oxygen atoms in total. The summed E-state index contributed by atoms with van der Waals surface area (Å²) in [5.74, 6) is -0.406. The highest BCUT2D eigenvalue weighted by Gasteiger charge is 2.49. The third kappa shape index (κ3) is 4.19. The zero-order chi connectivity index (χ0) is 22.0. The first-order valence-corrected chi connectivity index (χ1v) is 10.6. The van der Waals surface area contributed by atoms with Crippen molar-refractivity contribution < 1.29 is 23.0 Å². The summed E-state index contributed by atoms with van der Waals surface area (Å²) in [5.41, 5.74) is 5.91. The Morgan fingerprint density at radius 2 is 2.26 bits per heavy atom. The van der Waals surface area contributed by atoms with Crippen molar-refractivity contribution in [2.75, 3.05) is 24.5 Å². The number of thioether (sulfide) groups is 1. The predicted molar refractivity (Wildman–Crippen MR) is 112 cm³/mol. The second kappa shape index (κ2) is 8.75. The number of hydrogen-bond donors (Lipinski definition) is 2. The van der Waals surface area contributed by atoms with Crippen LogP contribution in [0.1, 0.15) is 29.4 Å². The lowest BCUT2D eigenvalue weighted by Crippen LogP contribution is -2.50. The standard InChI is InChI=1S/C20H21F2N5O3S/c1-11-14-9-31-19(23)27-20(14,4-5-29-11)13-6-12(2-3-15(13)22)26-18(28)16-7-25-17(8-24-16)30-10-21/h2-3,6-8,11,14H,4-5,9-10H2,1H3,(H2,23,27)(H,26,28)/t11-,14+,20-/m0/s1. The van der Waals surface area contributed by atoms with Crippen molar-refractivity contribution in [3.05, 3.63) is 47.7 Å². The van der Waals surface area contributed by atoms with E-state index in [-0.39, 0.29) is 23.6 Å². The molecule has 1 saturated heterocycles. The Balaban J connectivity index is 1.64. The van der Waals surface area contributed by atoms with Gasteiger partial charge in [-0.1, -0.05) is 11.8 Å². The lowest BCUT2D eigenvalue weighted by molar-refractivity contribution is -0.0514. The number of benzene rings is 1. The van der Waals surface area contributed by atoms with Crippen molar-refractivity contribution in [3.8, 4) is 5.88 Å². The molecule has 2 aliphatic rings. The summed E-state index contributed by atoms with van der Waals surface area (Å²) >= 11 is 1.43. The fourth-order valence-electron chi connectivity index (χ4n) is 3.99. The van der Waals surface area contributed by atoms with E-state index in [0.717, 1.165) is 6.20 Å². The SMILES string of the molecule is C[C@@H]1OCC[C@@]2(c3cc(NC(=O)c4cnc(OCF)cn4)ccc3F)N=C(N)SC[C@H]12. The number of fused-ring (bicyclic) bond motifs is 1. The normalized spacial score (nSPS) is 25.3. The zero-order valence-corrected chi connectivity index (χ0v) is 17.5. The van der Waals surface area contributed by atoms with Gasteiger partial charge in [0.25, 0.3) is 5.91 Å². The summed E-state index contributed by atoms with van der Waals surface area (Å²) in [6.45, 7) is 1.34. The highest BCUT2D eigenvalue weighted by atomic mass is 32.2. The maximum absolute atomic E-state index is 15.0. The van der Waals surface area contributed by atoms with Gasteiger partial charge in [0, 0.05) is 35.9 Å². The third-order valence-electron chi connectivity index (χ3n) is 5.52. The van der Waals surface area contributed by atoms with Gasteiger partial charge in [-0.25, -0.2) is 18.7 Å². The van der Waals surface area contributed by atoms with Crippen LogP contribution in [0.25, 0.3) is 0 Å². The molecule has 31 heavy (non-hydrogen) atoms. The number of nitrogens with one attached hydrogen (secondary N) is 1. The number of alkyl halides is 1. The average Bonchev–Trinajstić information content (AvgIpc) is 2.75. The lowest BCUT2D eigenvalue weighted by Gasteiger charge is -2.47. The van der Waals surface area contributed by atoms with Crippen molar-refractivity contribution in [1.82, 2.24) is 9.97 Å². The molecule has 3 N–H and O–H groups in total. The monoisotopic (exact) mass is 449 g/mol. The van der Waals surface area contributed by atoms with Crippen molar-refractivity contribution in [1.29, 1.82) is 0 Å². The van der Waals surface area contributed by atoms with E-state index in [1.807, 2.05) is 6.92 Å². The summed E-state index contributed by atoms with van der Waals surface area (Å²) in [5, 5.41) is 3.10. The molecule has 1 fully saturated rings. The van der Waals surface area contributed by atoms with Crippen LogP contribution < -0.4 is 15.8 Å². The molecule has 0 spiro atoms. The van der Waals surface area contributed by atoms with Gasteiger partial charge in [0.2, 0.25) is 12.7 Å². The first-order chi connectivity index (χ1) is 14.9. The van der Waals surface area contributed by atoms with Gasteiger partial charge in [-0.15, -0.1) is 0 Å². The van der Waals surface area contributed by atoms with Gasteiger partial charge in [-0.3, -0.25) is 9.79 Å². The molecule has 0 radical (unpaired) electrons. The second-order valence-electron chi connectivity index (χ2n) is 7.26. The molecule has 0 unspecified atom stereocenters. The number of aromatic nitrogens is 2. The Morgan fingerprint density at radius 3 is 3.00 bits per heavy atom. The van der Waals surface area contributed by atoms with Crippen LogP contribution in [0.5, 0.6) is 5.88 Å². The van der Waals surface area contributed by atoms with Crippen molar-refractivity contribution in [2.24, 2.45) is 16.6 Å². The van der Waals surface area contributed by atoms with Crippen LogP contribution in [-0.4, -0.2) is 46.4 Å². The minimum Gasteiger partial charge on any atom is -0.445 e.